The molecule has 178 valence electrons. The Morgan fingerprint density at radius 1 is 1.09 bits per heavy atom. The zero-order valence-electron chi connectivity index (χ0n) is 19.7. The van der Waals surface area contributed by atoms with Gasteiger partial charge in [0, 0.05) is 28.7 Å². The summed E-state index contributed by atoms with van der Waals surface area (Å²) in [5.74, 6) is -0.977. The molecule has 4 aromatic rings. The molecule has 0 spiro atoms. The van der Waals surface area contributed by atoms with E-state index < -0.39 is 5.97 Å². The van der Waals surface area contributed by atoms with Crippen molar-refractivity contribution < 1.29 is 19.4 Å². The quantitative estimate of drug-likeness (QED) is 0.391. The summed E-state index contributed by atoms with van der Waals surface area (Å²) in [6.45, 7) is 2.74. The van der Waals surface area contributed by atoms with Crippen molar-refractivity contribution in [3.8, 4) is 5.75 Å². The van der Waals surface area contributed by atoms with Crippen LogP contribution in [0.1, 0.15) is 57.1 Å². The number of ether oxygens (including phenoxy) is 1. The van der Waals surface area contributed by atoms with E-state index in [9.17, 15) is 14.7 Å². The SMILES string of the molecule is Cc1cccc(C(=O)O)c1COc1ccc2c(c1)c1c(n2Cc2ccccc2)CCCC1C(N)=O. The molecule has 3 aromatic carbocycles. The number of hydrogen-bond donors (Lipinski definition) is 2. The van der Waals surface area contributed by atoms with Gasteiger partial charge < -0.3 is 20.1 Å². The van der Waals surface area contributed by atoms with E-state index in [0.717, 1.165) is 47.0 Å². The molecule has 5 rings (SSSR count). The second-order valence-electron chi connectivity index (χ2n) is 9.15. The summed E-state index contributed by atoms with van der Waals surface area (Å²) in [4.78, 5) is 24.1. The molecule has 0 bridgehead atoms. The van der Waals surface area contributed by atoms with E-state index in [4.69, 9.17) is 10.5 Å². The summed E-state index contributed by atoms with van der Waals surface area (Å²) in [6.07, 6.45) is 2.55. The van der Waals surface area contributed by atoms with Gasteiger partial charge in [0.15, 0.2) is 0 Å². The van der Waals surface area contributed by atoms with Crippen LogP contribution in [-0.2, 0) is 24.4 Å². The van der Waals surface area contributed by atoms with Crippen LogP contribution in [0.5, 0.6) is 5.75 Å². The predicted octanol–water partition coefficient (Wildman–Crippen LogP) is 5.18. The Bertz CT molecular complexity index is 1420. The number of primary amides is 1. The molecule has 35 heavy (non-hydrogen) atoms. The molecule has 6 heteroatoms. The highest BCUT2D eigenvalue weighted by atomic mass is 16.5. The number of nitrogens with two attached hydrogens (primary N) is 1. The Morgan fingerprint density at radius 3 is 2.63 bits per heavy atom. The Labute approximate surface area is 203 Å². The molecule has 1 heterocycles. The van der Waals surface area contributed by atoms with Crippen molar-refractivity contribution in [1.29, 1.82) is 0 Å². The lowest BCUT2D eigenvalue weighted by Gasteiger charge is -2.22. The van der Waals surface area contributed by atoms with Gasteiger partial charge in [-0.15, -0.1) is 0 Å². The average molecular weight is 469 g/mol. The molecule has 1 atom stereocenters. The van der Waals surface area contributed by atoms with Crippen LogP contribution in [0.2, 0.25) is 0 Å². The molecule has 1 unspecified atom stereocenters. The fourth-order valence-corrected chi connectivity index (χ4v) is 5.26. The average Bonchev–Trinajstić information content (AvgIpc) is 3.16. The van der Waals surface area contributed by atoms with Crippen molar-refractivity contribution in [2.75, 3.05) is 0 Å². The number of rotatable bonds is 7. The van der Waals surface area contributed by atoms with Gasteiger partial charge in [-0.2, -0.15) is 0 Å². The molecule has 0 saturated carbocycles. The number of fused-ring (bicyclic) bond motifs is 3. The largest absolute Gasteiger partial charge is 0.489 e. The van der Waals surface area contributed by atoms with Crippen molar-refractivity contribution >= 4 is 22.8 Å². The highest BCUT2D eigenvalue weighted by molar-refractivity contribution is 5.94. The lowest BCUT2D eigenvalue weighted by molar-refractivity contribution is -0.119. The number of carbonyl (C=O) groups is 2. The minimum absolute atomic E-state index is 0.145. The topological polar surface area (TPSA) is 94.6 Å². The molecule has 3 N–H and O–H groups in total. The third-order valence-electron chi connectivity index (χ3n) is 6.99. The number of carbonyl (C=O) groups excluding carboxylic acids is 1. The number of amides is 1. The zero-order valence-corrected chi connectivity index (χ0v) is 19.7. The van der Waals surface area contributed by atoms with Crippen LogP contribution in [0.4, 0.5) is 0 Å². The molecular formula is C29H28N2O4. The lowest BCUT2D eigenvalue weighted by Crippen LogP contribution is -2.25. The molecule has 1 aliphatic carbocycles. The highest BCUT2D eigenvalue weighted by Gasteiger charge is 2.31. The van der Waals surface area contributed by atoms with Crippen molar-refractivity contribution in [1.82, 2.24) is 4.57 Å². The molecular weight excluding hydrogens is 440 g/mol. The Kier molecular flexibility index (Phi) is 6.03. The van der Waals surface area contributed by atoms with E-state index in [-0.39, 0.29) is 24.0 Å². The second kappa shape index (κ2) is 9.29. The number of benzene rings is 3. The van der Waals surface area contributed by atoms with Gasteiger partial charge in [-0.1, -0.05) is 42.5 Å². The van der Waals surface area contributed by atoms with Gasteiger partial charge in [-0.25, -0.2) is 4.79 Å². The van der Waals surface area contributed by atoms with Gasteiger partial charge in [0.2, 0.25) is 5.91 Å². The first-order chi connectivity index (χ1) is 16.9. The first-order valence-electron chi connectivity index (χ1n) is 11.9. The monoisotopic (exact) mass is 468 g/mol. The second-order valence-corrected chi connectivity index (χ2v) is 9.15. The first kappa shape index (κ1) is 22.7. The summed E-state index contributed by atoms with van der Waals surface area (Å²) in [5.41, 5.74) is 12.0. The maximum Gasteiger partial charge on any atom is 0.336 e. The molecule has 0 saturated heterocycles. The standard InChI is InChI=1S/C29H28N2O4/c1-18-7-5-10-21(29(33)34)24(18)17-35-20-13-14-25-23(15-20)27-22(28(30)32)11-6-12-26(27)31(25)16-19-8-3-2-4-9-19/h2-5,7-10,13-15,22H,6,11-12,16-17H2,1H3,(H2,30,32)(H,33,34). The lowest BCUT2D eigenvalue weighted by atomic mass is 9.84. The van der Waals surface area contributed by atoms with E-state index >= 15 is 0 Å². The Balaban J connectivity index is 1.56. The van der Waals surface area contributed by atoms with Crippen molar-refractivity contribution in [2.24, 2.45) is 5.73 Å². The summed E-state index contributed by atoms with van der Waals surface area (Å²) < 4.78 is 8.39. The molecule has 0 aliphatic heterocycles. The predicted molar refractivity (Wildman–Crippen MR) is 135 cm³/mol. The Hall–Kier alpha value is -4.06. The van der Waals surface area contributed by atoms with Crippen LogP contribution in [-0.4, -0.2) is 21.6 Å². The number of carboxylic acids is 1. The summed E-state index contributed by atoms with van der Waals surface area (Å²) in [6, 6.07) is 21.4. The molecule has 1 amide bonds. The van der Waals surface area contributed by atoms with Gasteiger partial charge in [0.1, 0.15) is 12.4 Å². The molecule has 0 radical (unpaired) electrons. The summed E-state index contributed by atoms with van der Waals surface area (Å²) in [5, 5.41) is 10.5. The van der Waals surface area contributed by atoms with Crippen LogP contribution in [0, 0.1) is 6.92 Å². The minimum Gasteiger partial charge on any atom is -0.489 e. The van der Waals surface area contributed by atoms with Crippen molar-refractivity contribution in [3.05, 3.63) is 100 Å². The van der Waals surface area contributed by atoms with Gasteiger partial charge in [-0.3, -0.25) is 4.79 Å². The third kappa shape index (κ3) is 4.28. The Morgan fingerprint density at radius 2 is 1.89 bits per heavy atom. The van der Waals surface area contributed by atoms with Gasteiger partial charge >= 0.3 is 5.97 Å². The van der Waals surface area contributed by atoms with E-state index in [1.54, 1.807) is 12.1 Å². The van der Waals surface area contributed by atoms with Crippen LogP contribution in [0.15, 0.2) is 66.7 Å². The van der Waals surface area contributed by atoms with Crippen molar-refractivity contribution in [3.63, 3.8) is 0 Å². The normalized spacial score (nSPS) is 15.1. The van der Waals surface area contributed by atoms with Crippen LogP contribution in [0.25, 0.3) is 10.9 Å². The van der Waals surface area contributed by atoms with E-state index in [0.29, 0.717) is 17.9 Å². The fraction of sp³-hybridized carbons (Fsp3) is 0.241. The van der Waals surface area contributed by atoms with E-state index in [2.05, 4.69) is 16.7 Å². The van der Waals surface area contributed by atoms with Crippen LogP contribution in [0.3, 0.4) is 0 Å². The first-order valence-corrected chi connectivity index (χ1v) is 11.9. The molecule has 1 aromatic heterocycles. The number of carboxylic acid groups (broad SMARTS) is 1. The molecule has 0 fully saturated rings. The van der Waals surface area contributed by atoms with Crippen LogP contribution >= 0.6 is 0 Å². The third-order valence-corrected chi connectivity index (χ3v) is 6.99. The summed E-state index contributed by atoms with van der Waals surface area (Å²) >= 11 is 0. The van der Waals surface area contributed by atoms with E-state index in [1.807, 2.05) is 49.4 Å². The fourth-order valence-electron chi connectivity index (χ4n) is 5.26. The van der Waals surface area contributed by atoms with Crippen LogP contribution < -0.4 is 10.5 Å². The molecule has 6 nitrogen and oxygen atoms in total. The number of hydrogen-bond acceptors (Lipinski definition) is 3. The smallest absolute Gasteiger partial charge is 0.336 e. The number of nitrogens with zero attached hydrogens (tertiary/aromatic N) is 1. The van der Waals surface area contributed by atoms with E-state index in [1.165, 1.54) is 5.56 Å². The summed E-state index contributed by atoms with van der Waals surface area (Å²) in [7, 11) is 0. The maximum absolute atomic E-state index is 12.4. The maximum atomic E-state index is 12.4. The van der Waals surface area contributed by atoms with Crippen molar-refractivity contribution in [2.45, 2.75) is 45.3 Å². The zero-order chi connectivity index (χ0) is 24.5. The molecule has 1 aliphatic rings. The number of aromatic nitrogens is 1. The number of aryl methyl sites for hydroxylation is 1. The minimum atomic E-state index is -0.973. The highest BCUT2D eigenvalue weighted by Crippen LogP contribution is 2.41. The van der Waals surface area contributed by atoms with Gasteiger partial charge in [0.05, 0.1) is 11.5 Å². The number of aromatic carboxylic acids is 1. The van der Waals surface area contributed by atoms with Gasteiger partial charge in [0.25, 0.3) is 0 Å². The van der Waals surface area contributed by atoms with Gasteiger partial charge in [-0.05, 0) is 67.1 Å².